The van der Waals surface area contributed by atoms with Crippen LogP contribution in [0.2, 0.25) is 0 Å². The van der Waals surface area contributed by atoms with Gasteiger partial charge in [0.25, 0.3) is 0 Å². The number of hydrogen-bond donors (Lipinski definition) is 0. The maximum absolute atomic E-state index is 13.0. The molecule has 0 N–H and O–H groups in total. The molecule has 0 aromatic heterocycles. The van der Waals surface area contributed by atoms with Crippen LogP contribution in [0.15, 0.2) is 36.4 Å². The number of imide groups is 1. The predicted octanol–water partition coefficient (Wildman–Crippen LogP) is 3.09. The number of anilines is 1. The van der Waals surface area contributed by atoms with Crippen molar-refractivity contribution >= 4 is 17.5 Å². The summed E-state index contributed by atoms with van der Waals surface area (Å²) in [6.07, 6.45) is 0.381. The largest absolute Gasteiger partial charge is 0.416 e. The van der Waals surface area contributed by atoms with Gasteiger partial charge in [-0.15, -0.1) is 0 Å². The summed E-state index contributed by atoms with van der Waals surface area (Å²) in [5.74, 6) is -1.81. The van der Waals surface area contributed by atoms with Crippen molar-refractivity contribution < 1.29 is 22.8 Å². The Morgan fingerprint density at radius 3 is 2.54 bits per heavy atom. The van der Waals surface area contributed by atoms with Gasteiger partial charge in [-0.1, -0.05) is 25.1 Å². The summed E-state index contributed by atoms with van der Waals surface area (Å²) >= 11 is 0. The summed E-state index contributed by atoms with van der Waals surface area (Å²) in [4.78, 5) is 29.1. The van der Waals surface area contributed by atoms with E-state index in [9.17, 15) is 22.8 Å². The van der Waals surface area contributed by atoms with Gasteiger partial charge < -0.3 is 0 Å². The number of amides is 2. The van der Waals surface area contributed by atoms with E-state index in [2.05, 4.69) is 11.8 Å². The number of carbonyl (C=O) groups is 2. The van der Waals surface area contributed by atoms with Crippen LogP contribution in [0.1, 0.15) is 18.9 Å². The van der Waals surface area contributed by atoms with Gasteiger partial charge in [0.1, 0.15) is 0 Å². The monoisotopic (exact) mass is 364 g/mol. The molecule has 2 fully saturated rings. The Labute approximate surface area is 149 Å². The highest BCUT2D eigenvalue weighted by molar-refractivity contribution is 6.22. The van der Waals surface area contributed by atoms with E-state index in [1.807, 2.05) is 12.2 Å². The second-order valence-electron chi connectivity index (χ2n) is 7.15. The lowest BCUT2D eigenvalue weighted by Crippen LogP contribution is -2.56. The van der Waals surface area contributed by atoms with Crippen LogP contribution in [0.4, 0.5) is 18.9 Å². The molecule has 1 aliphatic carbocycles. The van der Waals surface area contributed by atoms with Gasteiger partial charge in [0.15, 0.2) is 0 Å². The third-order valence-electron chi connectivity index (χ3n) is 5.59. The van der Waals surface area contributed by atoms with Crippen LogP contribution in [0.5, 0.6) is 0 Å². The molecule has 2 amide bonds. The number of fused-ring (bicyclic) bond motifs is 1. The number of carbonyl (C=O) groups excluding carboxylic acids is 2. The molecule has 1 unspecified atom stereocenters. The molecule has 26 heavy (non-hydrogen) atoms. The highest BCUT2D eigenvalue weighted by Gasteiger charge is 2.59. The van der Waals surface area contributed by atoms with Crippen molar-refractivity contribution in [2.24, 2.45) is 17.8 Å². The molecule has 3 aliphatic heterocycles. The lowest BCUT2D eigenvalue weighted by Gasteiger charge is -2.46. The van der Waals surface area contributed by atoms with Crippen LogP contribution < -0.4 is 4.90 Å². The smallest absolute Gasteiger partial charge is 0.296 e. The van der Waals surface area contributed by atoms with Gasteiger partial charge in [0, 0.05) is 18.5 Å². The van der Waals surface area contributed by atoms with Crippen LogP contribution in [0.3, 0.4) is 0 Å². The Balaban J connectivity index is 1.70. The molecule has 0 radical (unpaired) electrons. The third-order valence-corrected chi connectivity index (χ3v) is 5.59. The van der Waals surface area contributed by atoms with Gasteiger partial charge in [-0.3, -0.25) is 14.5 Å². The summed E-state index contributed by atoms with van der Waals surface area (Å²) in [6.45, 7) is 3.60. The number of piperidine rings is 1. The zero-order chi connectivity index (χ0) is 18.6. The molecular formula is C19H19F3N2O2. The molecule has 1 aromatic carbocycles. The Bertz CT molecular complexity index is 789. The number of halogens is 3. The first-order chi connectivity index (χ1) is 12.3. The first-order valence-electron chi connectivity index (χ1n) is 8.80. The van der Waals surface area contributed by atoms with E-state index in [0.29, 0.717) is 6.54 Å². The molecule has 3 heterocycles. The number of rotatable bonds is 3. The average Bonchev–Trinajstić information content (AvgIpc) is 2.88. The van der Waals surface area contributed by atoms with Crippen molar-refractivity contribution in [3.8, 4) is 0 Å². The van der Waals surface area contributed by atoms with Crippen molar-refractivity contribution in [2.75, 3.05) is 18.0 Å². The minimum atomic E-state index is -4.52. The quantitative estimate of drug-likeness (QED) is 0.611. The molecule has 0 spiro atoms. The molecule has 4 nitrogen and oxygen atoms in total. The topological polar surface area (TPSA) is 40.6 Å². The summed E-state index contributed by atoms with van der Waals surface area (Å²) in [6, 6.07) is 4.29. The first kappa shape index (κ1) is 17.3. The van der Waals surface area contributed by atoms with E-state index in [1.54, 1.807) is 0 Å². The van der Waals surface area contributed by atoms with Crippen molar-refractivity contribution in [3.05, 3.63) is 42.0 Å². The Kier molecular flexibility index (Phi) is 3.95. The normalized spacial score (nSPS) is 31.0. The lowest BCUT2D eigenvalue weighted by atomic mass is 9.70. The standard InChI is InChI=1S/C19H19F3N2O2/c1-2-8-23-10-11-6-7-14(23)16-15(11)17(25)24(18(16)26)13-5-3-4-12(9-13)19(20,21)22/h3-7,9,11,14-16H,2,8,10H2,1H3/t11?,14-,15+,16-/m1/s1. The van der Waals surface area contributed by atoms with Crippen LogP contribution in [-0.2, 0) is 15.8 Å². The lowest BCUT2D eigenvalue weighted by molar-refractivity contribution is -0.137. The van der Waals surface area contributed by atoms with E-state index in [0.717, 1.165) is 30.0 Å². The summed E-state index contributed by atoms with van der Waals surface area (Å²) in [7, 11) is 0. The molecule has 0 saturated carbocycles. The Morgan fingerprint density at radius 2 is 1.85 bits per heavy atom. The number of benzene rings is 1. The maximum atomic E-state index is 13.0. The van der Waals surface area contributed by atoms with Crippen molar-refractivity contribution in [1.82, 2.24) is 4.90 Å². The molecule has 138 valence electrons. The predicted molar refractivity (Wildman–Crippen MR) is 89.2 cm³/mol. The molecule has 1 aromatic rings. The molecule has 5 rings (SSSR count). The van der Waals surface area contributed by atoms with E-state index in [4.69, 9.17) is 0 Å². The zero-order valence-corrected chi connectivity index (χ0v) is 14.2. The van der Waals surface area contributed by atoms with E-state index < -0.39 is 23.6 Å². The highest BCUT2D eigenvalue weighted by Crippen LogP contribution is 2.46. The van der Waals surface area contributed by atoms with Crippen molar-refractivity contribution in [3.63, 3.8) is 0 Å². The molecule has 4 aliphatic rings. The fourth-order valence-electron chi connectivity index (χ4n) is 4.54. The van der Waals surface area contributed by atoms with Crippen molar-refractivity contribution in [1.29, 1.82) is 0 Å². The van der Waals surface area contributed by atoms with Crippen LogP contribution in [-0.4, -0.2) is 35.8 Å². The van der Waals surface area contributed by atoms with Gasteiger partial charge in [0.05, 0.1) is 23.1 Å². The van der Waals surface area contributed by atoms with Gasteiger partial charge in [-0.05, 0) is 31.2 Å². The summed E-state index contributed by atoms with van der Waals surface area (Å²) in [5.41, 5.74) is -0.857. The fraction of sp³-hybridized carbons (Fsp3) is 0.474. The maximum Gasteiger partial charge on any atom is 0.416 e. The summed E-state index contributed by atoms with van der Waals surface area (Å²) < 4.78 is 39.0. The minimum absolute atomic E-state index is 0.00525. The van der Waals surface area contributed by atoms with Gasteiger partial charge in [0.2, 0.25) is 11.8 Å². The average molecular weight is 364 g/mol. The van der Waals surface area contributed by atoms with Gasteiger partial charge in [-0.2, -0.15) is 13.2 Å². The van der Waals surface area contributed by atoms with Crippen molar-refractivity contribution in [2.45, 2.75) is 25.6 Å². The van der Waals surface area contributed by atoms with E-state index in [-0.39, 0.29) is 29.5 Å². The Morgan fingerprint density at radius 1 is 1.12 bits per heavy atom. The van der Waals surface area contributed by atoms with Gasteiger partial charge >= 0.3 is 6.18 Å². The second-order valence-corrected chi connectivity index (χ2v) is 7.15. The van der Waals surface area contributed by atoms with Gasteiger partial charge in [-0.25, -0.2) is 4.90 Å². The second kappa shape index (κ2) is 5.94. The van der Waals surface area contributed by atoms with E-state index in [1.165, 1.54) is 12.1 Å². The molecule has 2 bridgehead atoms. The molecule has 2 saturated heterocycles. The fourth-order valence-corrected chi connectivity index (χ4v) is 4.54. The van der Waals surface area contributed by atoms with Crippen LogP contribution in [0, 0.1) is 17.8 Å². The number of nitrogens with zero attached hydrogens (tertiary/aromatic N) is 2. The first-order valence-corrected chi connectivity index (χ1v) is 8.80. The molecule has 7 heteroatoms. The van der Waals surface area contributed by atoms with Crippen LogP contribution >= 0.6 is 0 Å². The Hall–Kier alpha value is -2.15. The number of hydrogen-bond acceptors (Lipinski definition) is 3. The number of alkyl halides is 3. The molecular weight excluding hydrogens is 345 g/mol. The minimum Gasteiger partial charge on any atom is -0.296 e. The third kappa shape index (κ3) is 2.48. The van der Waals surface area contributed by atoms with Crippen LogP contribution in [0.25, 0.3) is 0 Å². The summed E-state index contributed by atoms with van der Waals surface area (Å²) in [5, 5.41) is 0. The molecule has 4 atom stereocenters. The van der Waals surface area contributed by atoms with E-state index >= 15 is 0 Å². The highest BCUT2D eigenvalue weighted by atomic mass is 19.4. The zero-order valence-electron chi connectivity index (χ0n) is 14.2. The SMILES string of the molecule is CCCN1CC2C=C[C@@H]1[C@H]1C(=O)N(c3cccc(C(F)(F)F)c3)C(=O)[C@@H]21.